The van der Waals surface area contributed by atoms with Crippen LogP contribution in [-0.2, 0) is 11.8 Å². The Morgan fingerprint density at radius 1 is 1.09 bits per heavy atom. The number of aromatic nitrogens is 1. The van der Waals surface area contributed by atoms with Crippen LogP contribution < -0.4 is 4.74 Å². The number of hydrogen-bond acceptors (Lipinski definition) is 4. The molecule has 1 saturated heterocycles. The Kier molecular flexibility index (Phi) is 6.58. The number of ether oxygens (including phenoxy) is 1. The van der Waals surface area contributed by atoms with Crippen LogP contribution in [0.15, 0.2) is 42.1 Å². The molecule has 2 aliphatic rings. The first kappa shape index (κ1) is 22.1. The summed E-state index contributed by atoms with van der Waals surface area (Å²) in [5.41, 5.74) is 3.55. The molecule has 1 aliphatic carbocycles. The summed E-state index contributed by atoms with van der Waals surface area (Å²) in [5.74, 6) is 1.15. The molecule has 1 aromatic heterocycles. The van der Waals surface area contributed by atoms with Crippen molar-refractivity contribution in [2.75, 3.05) is 20.2 Å². The van der Waals surface area contributed by atoms with Gasteiger partial charge in [0, 0.05) is 56.2 Å². The van der Waals surface area contributed by atoms with E-state index in [2.05, 4.69) is 6.08 Å². The summed E-state index contributed by atoms with van der Waals surface area (Å²) in [6.45, 7) is 1.25. The molecule has 2 aromatic rings. The first-order valence-corrected chi connectivity index (χ1v) is 11.3. The lowest BCUT2D eigenvalue weighted by Gasteiger charge is -2.31. The fourth-order valence-electron chi connectivity index (χ4n) is 4.67. The van der Waals surface area contributed by atoms with Gasteiger partial charge in [-0.15, -0.1) is 0 Å². The van der Waals surface area contributed by atoms with Gasteiger partial charge in [-0.25, -0.2) is 0 Å². The Morgan fingerprint density at radius 2 is 1.81 bits per heavy atom. The molecule has 0 spiro atoms. The Hall–Kier alpha value is -3.15. The maximum atomic E-state index is 12.8. The molecule has 1 aromatic carbocycles. The van der Waals surface area contributed by atoms with Gasteiger partial charge in [0.1, 0.15) is 5.75 Å². The van der Waals surface area contributed by atoms with Crippen molar-refractivity contribution in [3.63, 3.8) is 0 Å². The number of hydrogen-bond donors (Lipinski definition) is 0. The number of Topliss-reactive ketones (excluding diaryl/α,β-unsaturated/α-hetero) is 2. The maximum Gasteiger partial charge on any atom is 0.222 e. The van der Waals surface area contributed by atoms with Crippen LogP contribution in [0.3, 0.4) is 0 Å². The number of aryl methyl sites for hydroxylation is 1. The molecule has 0 saturated carbocycles. The number of fused-ring (bicyclic) bond motifs is 1. The number of methoxy groups -OCH3 is 1. The first-order chi connectivity index (χ1) is 15.5. The third kappa shape index (κ3) is 4.69. The van der Waals surface area contributed by atoms with E-state index in [-0.39, 0.29) is 23.4 Å². The van der Waals surface area contributed by atoms with Crippen LogP contribution in [0.5, 0.6) is 5.75 Å². The van der Waals surface area contributed by atoms with Crippen LogP contribution in [0.4, 0.5) is 0 Å². The van der Waals surface area contributed by atoms with E-state index in [1.807, 2.05) is 40.9 Å². The number of rotatable bonds is 7. The van der Waals surface area contributed by atoms with E-state index in [4.69, 9.17) is 4.74 Å². The third-order valence-corrected chi connectivity index (χ3v) is 6.63. The fourth-order valence-corrected chi connectivity index (χ4v) is 4.67. The van der Waals surface area contributed by atoms with Crippen LogP contribution in [-0.4, -0.2) is 47.1 Å². The molecule has 0 radical (unpaired) electrons. The summed E-state index contributed by atoms with van der Waals surface area (Å²) in [6, 6.07) is 9.10. The predicted octanol–water partition coefficient (Wildman–Crippen LogP) is 4.30. The van der Waals surface area contributed by atoms with Crippen molar-refractivity contribution in [1.82, 2.24) is 9.47 Å². The second-order valence-corrected chi connectivity index (χ2v) is 8.73. The minimum Gasteiger partial charge on any atom is -0.497 e. The van der Waals surface area contributed by atoms with Crippen molar-refractivity contribution in [2.45, 2.75) is 38.5 Å². The van der Waals surface area contributed by atoms with Gasteiger partial charge in [-0.3, -0.25) is 14.4 Å². The van der Waals surface area contributed by atoms with Crippen LogP contribution in [0.1, 0.15) is 64.9 Å². The highest BCUT2D eigenvalue weighted by atomic mass is 16.5. The summed E-state index contributed by atoms with van der Waals surface area (Å²) < 4.78 is 7.12. The number of piperidine rings is 1. The molecule has 0 bridgehead atoms. The molecule has 6 nitrogen and oxygen atoms in total. The third-order valence-electron chi connectivity index (χ3n) is 6.63. The molecule has 32 heavy (non-hydrogen) atoms. The smallest absolute Gasteiger partial charge is 0.222 e. The van der Waals surface area contributed by atoms with Crippen LogP contribution in [0.2, 0.25) is 0 Å². The lowest BCUT2D eigenvalue weighted by Crippen LogP contribution is -2.40. The fraction of sp³-hybridized carbons (Fsp3) is 0.423. The number of amides is 1. The first-order valence-electron chi connectivity index (χ1n) is 11.3. The van der Waals surface area contributed by atoms with Crippen molar-refractivity contribution in [2.24, 2.45) is 13.0 Å². The van der Waals surface area contributed by atoms with Crippen molar-refractivity contribution in [1.29, 1.82) is 0 Å². The molecule has 0 atom stereocenters. The monoisotopic (exact) mass is 434 g/mol. The van der Waals surface area contributed by atoms with Gasteiger partial charge in [0.2, 0.25) is 5.91 Å². The van der Waals surface area contributed by atoms with Gasteiger partial charge in [-0.1, -0.05) is 5.57 Å². The number of allylic oxidation sites excluding steroid dienone is 1. The van der Waals surface area contributed by atoms with E-state index < -0.39 is 0 Å². The lowest BCUT2D eigenvalue weighted by molar-refractivity contribution is -0.132. The summed E-state index contributed by atoms with van der Waals surface area (Å²) in [5, 5.41) is 0. The second kappa shape index (κ2) is 9.55. The normalized spacial score (nSPS) is 16.5. The average molecular weight is 435 g/mol. The largest absolute Gasteiger partial charge is 0.497 e. The Morgan fingerprint density at radius 3 is 2.50 bits per heavy atom. The summed E-state index contributed by atoms with van der Waals surface area (Å²) in [4.78, 5) is 39.6. The zero-order valence-corrected chi connectivity index (χ0v) is 18.8. The Balaban J connectivity index is 1.23. The zero-order chi connectivity index (χ0) is 22.7. The highest BCUT2D eigenvalue weighted by Crippen LogP contribution is 2.28. The number of carbonyl (C=O) groups excluding carboxylic acids is 3. The van der Waals surface area contributed by atoms with E-state index in [1.165, 1.54) is 0 Å². The second-order valence-electron chi connectivity index (χ2n) is 8.73. The quantitative estimate of drug-likeness (QED) is 0.610. The number of benzene rings is 1. The van der Waals surface area contributed by atoms with Crippen molar-refractivity contribution < 1.29 is 19.1 Å². The maximum absolute atomic E-state index is 12.8. The summed E-state index contributed by atoms with van der Waals surface area (Å²) in [7, 11) is 3.55. The molecule has 1 amide bonds. The minimum absolute atomic E-state index is 0.0367. The molecule has 6 heteroatoms. The van der Waals surface area contributed by atoms with Gasteiger partial charge in [0.15, 0.2) is 11.6 Å². The topological polar surface area (TPSA) is 68.6 Å². The van der Waals surface area contributed by atoms with E-state index in [9.17, 15) is 14.4 Å². The molecule has 168 valence electrons. The van der Waals surface area contributed by atoms with Gasteiger partial charge in [0.05, 0.1) is 12.8 Å². The standard InChI is InChI=1S/C26H30N2O4/c1-27-13-12-22-23(27)16-18(17-24(22)29)4-3-5-25(30)28-14-10-20(11-15-28)26(31)19-6-8-21(32-2)9-7-19/h6-9,12-13,16,20H,3-5,10-11,14-15,17H2,1-2H3. The van der Waals surface area contributed by atoms with Crippen LogP contribution in [0.25, 0.3) is 6.08 Å². The molecule has 0 N–H and O–H groups in total. The van der Waals surface area contributed by atoms with E-state index in [0.29, 0.717) is 44.3 Å². The van der Waals surface area contributed by atoms with Gasteiger partial charge in [-0.2, -0.15) is 0 Å². The summed E-state index contributed by atoms with van der Waals surface area (Å²) >= 11 is 0. The molecule has 4 rings (SSSR count). The van der Waals surface area contributed by atoms with Gasteiger partial charge < -0.3 is 14.2 Å². The van der Waals surface area contributed by atoms with Gasteiger partial charge in [-0.05, 0) is 62.1 Å². The minimum atomic E-state index is -0.0367. The molecule has 1 fully saturated rings. The van der Waals surface area contributed by atoms with Crippen molar-refractivity contribution in [3.05, 3.63) is 58.9 Å². The Labute approximate surface area is 188 Å². The molecule has 0 unspecified atom stereocenters. The van der Waals surface area contributed by atoms with E-state index in [1.54, 1.807) is 19.2 Å². The number of ketones is 2. The average Bonchev–Trinajstić information content (AvgIpc) is 3.20. The van der Waals surface area contributed by atoms with Crippen molar-refractivity contribution in [3.8, 4) is 5.75 Å². The summed E-state index contributed by atoms with van der Waals surface area (Å²) in [6.07, 6.45) is 7.83. The number of carbonyl (C=O) groups is 3. The molecular formula is C26H30N2O4. The molecule has 1 aliphatic heterocycles. The lowest BCUT2D eigenvalue weighted by atomic mass is 9.88. The molecular weight excluding hydrogens is 404 g/mol. The number of likely N-dealkylation sites (tertiary alicyclic amines) is 1. The van der Waals surface area contributed by atoms with Crippen molar-refractivity contribution >= 4 is 23.5 Å². The van der Waals surface area contributed by atoms with E-state index in [0.717, 1.165) is 35.4 Å². The number of nitrogens with zero attached hydrogens (tertiary/aromatic N) is 2. The molecule has 2 heterocycles. The van der Waals surface area contributed by atoms with E-state index >= 15 is 0 Å². The Bertz CT molecular complexity index is 1040. The highest BCUT2D eigenvalue weighted by molar-refractivity contribution is 6.03. The van der Waals surface area contributed by atoms with Crippen LogP contribution >= 0.6 is 0 Å². The zero-order valence-electron chi connectivity index (χ0n) is 18.8. The SMILES string of the molecule is COc1ccc(C(=O)C2CCN(C(=O)CCCC3=Cc4c(ccn4C)C(=O)C3)CC2)cc1. The predicted molar refractivity (Wildman–Crippen MR) is 123 cm³/mol. The van der Waals surface area contributed by atoms with Gasteiger partial charge >= 0.3 is 0 Å². The van der Waals surface area contributed by atoms with Crippen LogP contribution in [0, 0.1) is 5.92 Å². The highest BCUT2D eigenvalue weighted by Gasteiger charge is 2.28. The van der Waals surface area contributed by atoms with Gasteiger partial charge in [0.25, 0.3) is 0 Å².